The molecule has 0 rings (SSSR count). The Labute approximate surface area is 56.2 Å². The predicted molar refractivity (Wildman–Crippen MR) is 34.6 cm³/mol. The molecule has 0 aromatic rings. The lowest BCUT2D eigenvalue weighted by atomic mass is 10.2. The monoisotopic (exact) mass is 125 g/mol. The van der Waals surface area contributed by atoms with E-state index in [0.29, 0.717) is 0 Å². The van der Waals surface area contributed by atoms with Crippen molar-refractivity contribution in [1.29, 1.82) is 0 Å². The molecule has 0 bridgehead atoms. The highest BCUT2D eigenvalue weighted by molar-refractivity contribution is 5.80. The van der Waals surface area contributed by atoms with E-state index >= 15 is 0 Å². The fourth-order valence-electron chi connectivity index (χ4n) is 0.281. The van der Waals surface area contributed by atoms with Crippen LogP contribution in [0.4, 0.5) is 0 Å². The summed E-state index contributed by atoms with van der Waals surface area (Å²) in [7, 11) is 1.33. The third kappa shape index (κ3) is 5.34. The second kappa shape index (κ2) is 5.60. The third-order valence-corrected chi connectivity index (χ3v) is 0.681. The van der Waals surface area contributed by atoms with E-state index in [2.05, 4.69) is 11.7 Å². The van der Waals surface area contributed by atoms with Gasteiger partial charge in [-0.1, -0.05) is 0 Å². The number of carbonyl (C=O) groups is 1. The fourth-order valence-corrected chi connectivity index (χ4v) is 0.281. The quantitative estimate of drug-likeness (QED) is 0.410. The van der Waals surface area contributed by atoms with Crippen molar-refractivity contribution in [2.75, 3.05) is 7.11 Å². The minimum Gasteiger partial charge on any atom is -0.469 e. The van der Waals surface area contributed by atoms with Gasteiger partial charge < -0.3 is 4.74 Å². The van der Waals surface area contributed by atoms with E-state index in [1.165, 1.54) is 13.5 Å². The lowest BCUT2D eigenvalue weighted by molar-refractivity contribution is -0.136. The van der Waals surface area contributed by atoms with Gasteiger partial charge in [-0.25, -0.2) is 0 Å². The zero-order chi connectivity index (χ0) is 7.11. The third-order valence-electron chi connectivity index (χ3n) is 0.681. The average Bonchev–Trinajstić information content (AvgIpc) is 1.89. The van der Waals surface area contributed by atoms with E-state index in [1.807, 2.05) is 0 Å². The van der Waals surface area contributed by atoms with E-state index < -0.39 is 0 Å². The minimum atomic E-state index is -0.354. The summed E-state index contributed by atoms with van der Waals surface area (Å²) in [5, 5.41) is 0. The van der Waals surface area contributed by atoms with Crippen LogP contribution in [0.1, 0.15) is 0 Å². The molecule has 0 aliphatic carbocycles. The molecule has 0 aromatic heterocycles. The molecule has 0 aliphatic heterocycles. The van der Waals surface area contributed by atoms with E-state index in [4.69, 9.17) is 0 Å². The first kappa shape index (κ1) is 8.47. The number of hydrogen-bond acceptors (Lipinski definition) is 2. The molecular weight excluding hydrogens is 116 g/mol. The summed E-state index contributed by atoms with van der Waals surface area (Å²) >= 11 is 0. The van der Waals surface area contributed by atoms with Gasteiger partial charge in [0.1, 0.15) is 0 Å². The van der Waals surface area contributed by atoms with Crippen molar-refractivity contribution in [3.05, 3.63) is 32.6 Å². The van der Waals surface area contributed by atoms with Gasteiger partial charge in [-0.2, -0.15) is 0 Å². The average molecular weight is 125 g/mol. The summed E-state index contributed by atoms with van der Waals surface area (Å²) in [5.41, 5.74) is 0. The minimum absolute atomic E-state index is 0.354. The van der Waals surface area contributed by atoms with Crippen LogP contribution in [0.15, 0.2) is 0 Å². The Morgan fingerprint density at radius 3 is 2.67 bits per heavy atom. The molecule has 0 aliphatic rings. The molecule has 0 amide bonds. The highest BCUT2D eigenvalue weighted by Crippen LogP contribution is 1.93. The molecule has 0 fully saturated rings. The molecule has 9 heavy (non-hydrogen) atoms. The maximum atomic E-state index is 10.3. The van der Waals surface area contributed by atoms with Crippen molar-refractivity contribution in [3.8, 4) is 0 Å². The predicted octanol–water partition coefficient (Wildman–Crippen LogP) is 0.811. The summed E-state index contributed by atoms with van der Waals surface area (Å²) in [6, 6.07) is 0. The Bertz CT molecular complexity index is 79.0. The van der Waals surface area contributed by atoms with Crippen LogP contribution in [-0.4, -0.2) is 13.1 Å². The maximum absolute atomic E-state index is 10.3. The van der Waals surface area contributed by atoms with Crippen molar-refractivity contribution in [1.82, 2.24) is 0 Å². The molecule has 0 spiro atoms. The highest BCUT2D eigenvalue weighted by atomic mass is 16.5. The van der Waals surface area contributed by atoms with Crippen LogP contribution in [0, 0.1) is 32.6 Å². The summed E-state index contributed by atoms with van der Waals surface area (Å²) < 4.78 is 4.32. The largest absolute Gasteiger partial charge is 0.469 e. The van der Waals surface area contributed by atoms with Gasteiger partial charge in [-0.05, 0) is 26.2 Å². The maximum Gasteiger partial charge on any atom is 0.309 e. The number of esters is 1. The van der Waals surface area contributed by atoms with Crippen molar-refractivity contribution in [2.24, 2.45) is 0 Å². The molecule has 0 N–H and O–H groups in total. The molecule has 0 aromatic carbocycles. The lowest BCUT2D eigenvalue weighted by Crippen LogP contribution is -2.00. The van der Waals surface area contributed by atoms with Crippen LogP contribution in [0.25, 0.3) is 0 Å². The van der Waals surface area contributed by atoms with Gasteiger partial charge in [0.05, 0.1) is 13.5 Å². The van der Waals surface area contributed by atoms with Crippen LogP contribution in [0.5, 0.6) is 0 Å². The van der Waals surface area contributed by atoms with Gasteiger partial charge in [0, 0.05) is 0 Å². The molecule has 0 saturated carbocycles. The lowest BCUT2D eigenvalue weighted by Gasteiger charge is -1.94. The fraction of sp³-hybridized carbons (Fsp3) is 0.143. The molecule has 2 heteroatoms. The first-order valence-corrected chi connectivity index (χ1v) is 2.51. The molecular formula is C7H9O2. The van der Waals surface area contributed by atoms with Crippen LogP contribution >= 0.6 is 0 Å². The number of unbranched alkanes of at least 4 members (excludes halogenated alkanes) is 2. The number of ether oxygens (including phenoxy) is 1. The smallest absolute Gasteiger partial charge is 0.309 e. The zero-order valence-corrected chi connectivity index (χ0v) is 5.33. The van der Waals surface area contributed by atoms with Gasteiger partial charge in [0.15, 0.2) is 0 Å². The van der Waals surface area contributed by atoms with E-state index in [0.717, 1.165) is 0 Å². The topological polar surface area (TPSA) is 26.3 Å². The standard InChI is InChI=1S/C7H9O2/c1-3-4-5-6-7(8)9-2/h3-6H,1H2,2H3. The Balaban J connectivity index is 2.97. The summed E-state index contributed by atoms with van der Waals surface area (Å²) in [6.07, 6.45) is 6.12. The van der Waals surface area contributed by atoms with Gasteiger partial charge in [0.2, 0.25) is 0 Å². The SMILES string of the molecule is [CH2][CH][CH][CH][CH]C(=O)OC. The zero-order valence-electron chi connectivity index (χ0n) is 5.33. The summed E-state index contributed by atoms with van der Waals surface area (Å²) in [4.78, 5) is 10.3. The van der Waals surface area contributed by atoms with Gasteiger partial charge in [0.25, 0.3) is 0 Å². The highest BCUT2D eigenvalue weighted by Gasteiger charge is 1.98. The number of hydrogen-bond donors (Lipinski definition) is 0. The number of rotatable bonds is 4. The van der Waals surface area contributed by atoms with Gasteiger partial charge in [-0.3, -0.25) is 4.79 Å². The van der Waals surface area contributed by atoms with Crippen LogP contribution in [-0.2, 0) is 9.53 Å². The molecule has 0 saturated heterocycles. The van der Waals surface area contributed by atoms with Crippen LogP contribution in [0.2, 0.25) is 0 Å². The first-order valence-electron chi connectivity index (χ1n) is 2.51. The Morgan fingerprint density at radius 2 is 2.22 bits per heavy atom. The molecule has 0 heterocycles. The Morgan fingerprint density at radius 1 is 1.56 bits per heavy atom. The van der Waals surface area contributed by atoms with Crippen molar-refractivity contribution in [3.63, 3.8) is 0 Å². The molecule has 49 valence electrons. The molecule has 5 radical (unpaired) electrons. The van der Waals surface area contributed by atoms with E-state index in [1.54, 1.807) is 19.3 Å². The van der Waals surface area contributed by atoms with Crippen LogP contribution < -0.4 is 0 Å². The second-order valence-corrected chi connectivity index (χ2v) is 1.31. The summed E-state index contributed by atoms with van der Waals surface area (Å²) in [6.45, 7) is 3.42. The van der Waals surface area contributed by atoms with Gasteiger partial charge in [-0.15, -0.1) is 0 Å². The van der Waals surface area contributed by atoms with E-state index in [-0.39, 0.29) is 5.97 Å². The van der Waals surface area contributed by atoms with Crippen molar-refractivity contribution in [2.45, 2.75) is 0 Å². The van der Waals surface area contributed by atoms with Crippen LogP contribution in [0.3, 0.4) is 0 Å². The van der Waals surface area contributed by atoms with Gasteiger partial charge >= 0.3 is 5.97 Å². The first-order chi connectivity index (χ1) is 4.31. The Hall–Kier alpha value is -0.530. The molecule has 2 nitrogen and oxygen atoms in total. The van der Waals surface area contributed by atoms with E-state index in [9.17, 15) is 4.79 Å². The number of carbonyl (C=O) groups excluding carboxylic acids is 1. The normalized spacial score (nSPS) is 9.11. The molecule has 0 atom stereocenters. The number of methoxy groups -OCH3 is 1. The van der Waals surface area contributed by atoms with Crippen molar-refractivity contribution < 1.29 is 9.53 Å². The van der Waals surface area contributed by atoms with Crippen molar-refractivity contribution >= 4 is 5.97 Å². The second-order valence-electron chi connectivity index (χ2n) is 1.31. The Kier molecular flexibility index (Phi) is 5.27. The summed E-state index contributed by atoms with van der Waals surface area (Å²) in [5.74, 6) is -0.354. The molecule has 0 unspecified atom stereocenters.